The fraction of sp³-hybridized carbons (Fsp3) is 0.571. The lowest BCUT2D eigenvalue weighted by atomic mass is 9.95. The van der Waals surface area contributed by atoms with Gasteiger partial charge in [0.25, 0.3) is 5.60 Å². The molecule has 230 valence electrons. The van der Waals surface area contributed by atoms with E-state index in [0.717, 1.165) is 21.1 Å². The van der Waals surface area contributed by atoms with Gasteiger partial charge in [-0.25, -0.2) is 36.1 Å². The molecule has 0 bridgehead atoms. The molecular weight excluding hydrogens is 630 g/mol. The van der Waals surface area contributed by atoms with E-state index in [1.165, 1.54) is 17.0 Å². The number of halogens is 7. The maximum absolute atomic E-state index is 13.3. The number of sulfonamides is 2. The fourth-order valence-corrected chi connectivity index (χ4v) is 6.63. The number of alkyl halides is 6. The predicted molar refractivity (Wildman–Crippen MR) is 134 cm³/mol. The quantitative estimate of drug-likeness (QED) is 0.319. The molecule has 2 aromatic heterocycles. The molecule has 3 heterocycles. The van der Waals surface area contributed by atoms with E-state index < -0.39 is 55.6 Å². The minimum absolute atomic E-state index is 0.0403. The van der Waals surface area contributed by atoms with Crippen LogP contribution in [0.1, 0.15) is 18.9 Å². The number of pyridine rings is 1. The molecule has 11 nitrogen and oxygen atoms in total. The van der Waals surface area contributed by atoms with Crippen LogP contribution in [0.25, 0.3) is 0 Å². The van der Waals surface area contributed by atoms with Crippen molar-refractivity contribution in [1.82, 2.24) is 23.6 Å². The van der Waals surface area contributed by atoms with Gasteiger partial charge in [-0.3, -0.25) is 0 Å². The molecule has 0 amide bonds. The summed E-state index contributed by atoms with van der Waals surface area (Å²) >= 11 is 5.73. The lowest BCUT2D eigenvalue weighted by Crippen LogP contribution is -2.59. The molecule has 0 aromatic carbocycles. The van der Waals surface area contributed by atoms with Gasteiger partial charge >= 0.3 is 12.4 Å². The third-order valence-electron chi connectivity index (χ3n) is 6.27. The van der Waals surface area contributed by atoms with Crippen molar-refractivity contribution in [2.45, 2.75) is 42.2 Å². The number of nitrogens with zero attached hydrogens (tertiary/aromatic N) is 6. The lowest BCUT2D eigenvalue weighted by molar-refractivity contribution is -0.376. The van der Waals surface area contributed by atoms with Gasteiger partial charge in [-0.15, -0.1) is 0 Å². The van der Waals surface area contributed by atoms with Crippen LogP contribution in [0.15, 0.2) is 35.6 Å². The average Bonchev–Trinajstić information content (AvgIpc) is 2.86. The van der Waals surface area contributed by atoms with Gasteiger partial charge in [0.15, 0.2) is 0 Å². The van der Waals surface area contributed by atoms with E-state index in [2.05, 4.69) is 15.0 Å². The van der Waals surface area contributed by atoms with Gasteiger partial charge in [0.1, 0.15) is 10.0 Å². The van der Waals surface area contributed by atoms with Gasteiger partial charge < -0.3 is 10.0 Å². The topological polar surface area (TPSA) is 137 Å². The number of piperazine rings is 1. The third-order valence-corrected chi connectivity index (χ3v) is 9.62. The maximum atomic E-state index is 13.3. The first-order valence-corrected chi connectivity index (χ1v) is 15.4. The molecule has 0 unspecified atom stereocenters. The summed E-state index contributed by atoms with van der Waals surface area (Å²) < 4.78 is 133. The van der Waals surface area contributed by atoms with E-state index >= 15 is 0 Å². The first-order valence-electron chi connectivity index (χ1n) is 11.7. The monoisotopic (exact) mass is 654 g/mol. The van der Waals surface area contributed by atoms with Crippen molar-refractivity contribution in [1.29, 1.82) is 0 Å². The molecule has 2 aromatic rings. The van der Waals surface area contributed by atoms with Gasteiger partial charge in [0.2, 0.25) is 26.0 Å². The van der Waals surface area contributed by atoms with Gasteiger partial charge in [-0.1, -0.05) is 18.5 Å². The first-order chi connectivity index (χ1) is 18.7. The van der Waals surface area contributed by atoms with Crippen molar-refractivity contribution >= 4 is 37.6 Å². The number of aliphatic hydroxyl groups is 1. The Kier molecular flexibility index (Phi) is 9.51. The highest BCUT2D eigenvalue weighted by Gasteiger charge is 2.71. The number of hydrogen-bond acceptors (Lipinski definition) is 9. The van der Waals surface area contributed by atoms with E-state index in [0.29, 0.717) is 6.42 Å². The molecule has 3 rings (SSSR count). The molecule has 41 heavy (non-hydrogen) atoms. The van der Waals surface area contributed by atoms with Crippen molar-refractivity contribution in [3.63, 3.8) is 0 Å². The SMILES string of the molecule is CCCN(C[C@@H]1CN(S(=O)(=O)c2ccc(Cl)nc2)CCN1c1ncc(C(O)(C(F)(F)F)C(F)(F)F)cn1)S(C)(=O)=O. The van der Waals surface area contributed by atoms with Gasteiger partial charge in [-0.2, -0.15) is 30.6 Å². The second-order valence-electron chi connectivity index (χ2n) is 9.13. The smallest absolute Gasteiger partial charge is 0.369 e. The summed E-state index contributed by atoms with van der Waals surface area (Å²) in [7, 11) is -7.98. The van der Waals surface area contributed by atoms with Crippen LogP contribution in [0.4, 0.5) is 32.3 Å². The number of hydrogen-bond donors (Lipinski definition) is 1. The molecule has 0 saturated carbocycles. The second kappa shape index (κ2) is 11.8. The zero-order valence-corrected chi connectivity index (χ0v) is 23.8. The van der Waals surface area contributed by atoms with Crippen LogP contribution >= 0.6 is 11.6 Å². The summed E-state index contributed by atoms with van der Waals surface area (Å²) in [5, 5.41) is 9.66. The molecule has 0 radical (unpaired) electrons. The Balaban J connectivity index is 2.01. The Bertz CT molecular complexity index is 1410. The van der Waals surface area contributed by atoms with E-state index in [4.69, 9.17) is 11.6 Å². The molecular formula is C21H25ClF6N6O5S2. The van der Waals surface area contributed by atoms with E-state index in [9.17, 15) is 48.3 Å². The second-order valence-corrected chi connectivity index (χ2v) is 13.4. The molecule has 0 aliphatic carbocycles. The average molecular weight is 655 g/mol. The largest absolute Gasteiger partial charge is 0.430 e. The van der Waals surface area contributed by atoms with Gasteiger partial charge in [0, 0.05) is 56.9 Å². The molecule has 1 fully saturated rings. The van der Waals surface area contributed by atoms with Crippen LogP contribution < -0.4 is 4.90 Å². The highest BCUT2D eigenvalue weighted by atomic mass is 35.5. The Morgan fingerprint density at radius 3 is 2.05 bits per heavy atom. The van der Waals surface area contributed by atoms with Crippen molar-refractivity contribution in [3.05, 3.63) is 41.4 Å². The summed E-state index contributed by atoms with van der Waals surface area (Å²) in [6.45, 7) is 0.649. The summed E-state index contributed by atoms with van der Waals surface area (Å²) in [6, 6.07) is 1.46. The van der Waals surface area contributed by atoms with Crippen LogP contribution in [0.3, 0.4) is 0 Å². The van der Waals surface area contributed by atoms with Crippen LogP contribution in [0.2, 0.25) is 5.15 Å². The minimum Gasteiger partial charge on any atom is -0.369 e. The molecule has 1 aliphatic heterocycles. The molecule has 1 aliphatic rings. The molecule has 1 N–H and O–H groups in total. The van der Waals surface area contributed by atoms with Gasteiger partial charge in [-0.05, 0) is 18.6 Å². The highest BCUT2D eigenvalue weighted by Crippen LogP contribution is 2.49. The normalized spacial score (nSPS) is 18.2. The van der Waals surface area contributed by atoms with Crippen LogP contribution in [-0.2, 0) is 25.6 Å². The van der Waals surface area contributed by atoms with Crippen molar-refractivity contribution in [3.8, 4) is 0 Å². The van der Waals surface area contributed by atoms with E-state index in [-0.39, 0.29) is 55.2 Å². The Morgan fingerprint density at radius 1 is 1.00 bits per heavy atom. The highest BCUT2D eigenvalue weighted by molar-refractivity contribution is 7.89. The summed E-state index contributed by atoms with van der Waals surface area (Å²) in [4.78, 5) is 12.0. The van der Waals surface area contributed by atoms with Crippen LogP contribution in [-0.4, -0.2) is 103 Å². The lowest BCUT2D eigenvalue weighted by Gasteiger charge is -2.42. The van der Waals surface area contributed by atoms with Crippen molar-refractivity contribution in [2.75, 3.05) is 43.9 Å². The Hall–Kier alpha value is -2.32. The van der Waals surface area contributed by atoms with Crippen LogP contribution in [0.5, 0.6) is 0 Å². The standard InChI is InChI=1S/C21H25ClF6N6O5S2/c1-3-6-32(40(2,36)37)12-15-13-33(41(38,39)16-4-5-17(22)29-11-16)7-8-34(15)18-30-9-14(10-31-18)19(35,20(23,24)25)21(26,27)28/h4-5,9-11,15,35H,3,6-8,12-13H2,1-2H3/t15-/m1/s1. The number of aromatic nitrogens is 3. The number of anilines is 1. The van der Waals surface area contributed by atoms with E-state index in [1.807, 2.05) is 0 Å². The van der Waals surface area contributed by atoms with Crippen molar-refractivity contribution < 1.29 is 48.3 Å². The molecule has 20 heteroatoms. The fourth-order valence-electron chi connectivity index (χ4n) is 4.15. The third kappa shape index (κ3) is 6.85. The zero-order valence-electron chi connectivity index (χ0n) is 21.4. The van der Waals surface area contributed by atoms with Crippen molar-refractivity contribution in [2.24, 2.45) is 0 Å². The molecule has 0 spiro atoms. The van der Waals surface area contributed by atoms with Gasteiger partial charge in [0.05, 0.1) is 12.3 Å². The number of rotatable bonds is 9. The minimum atomic E-state index is -6.15. The molecule has 1 atom stereocenters. The van der Waals surface area contributed by atoms with E-state index in [1.54, 1.807) is 6.92 Å². The summed E-state index contributed by atoms with van der Waals surface area (Å²) in [5.74, 6) is -0.402. The maximum Gasteiger partial charge on any atom is 0.430 e. The Morgan fingerprint density at radius 2 is 1.59 bits per heavy atom. The van der Waals surface area contributed by atoms with Crippen LogP contribution in [0, 0.1) is 0 Å². The summed E-state index contributed by atoms with van der Waals surface area (Å²) in [5.41, 5.74) is -6.93. The Labute approximate surface area is 236 Å². The zero-order chi connectivity index (χ0) is 31.0. The first kappa shape index (κ1) is 33.2. The summed E-state index contributed by atoms with van der Waals surface area (Å²) in [6.07, 6.45) is -9.60. The molecule has 1 saturated heterocycles. The predicted octanol–water partition coefficient (Wildman–Crippen LogP) is 2.39.